The molecule has 0 amide bonds. The third kappa shape index (κ3) is 3.47. The van der Waals surface area contributed by atoms with Crippen LogP contribution in [0.2, 0.25) is 0 Å². The molecule has 0 saturated carbocycles. The van der Waals surface area contributed by atoms with Gasteiger partial charge in [-0.3, -0.25) is 0 Å². The van der Waals surface area contributed by atoms with E-state index < -0.39 is 0 Å². The average molecular weight is 249 g/mol. The first-order valence-electron chi connectivity index (χ1n) is 6.72. The lowest BCUT2D eigenvalue weighted by molar-refractivity contribution is 0.0470. The van der Waals surface area contributed by atoms with Gasteiger partial charge < -0.3 is 15.2 Å². The van der Waals surface area contributed by atoms with Crippen molar-refractivity contribution >= 4 is 0 Å². The molecule has 0 aliphatic carbocycles. The summed E-state index contributed by atoms with van der Waals surface area (Å²) in [4.78, 5) is 0. The van der Waals surface area contributed by atoms with E-state index in [9.17, 15) is 0 Å². The van der Waals surface area contributed by atoms with Crippen molar-refractivity contribution in [3.05, 3.63) is 29.8 Å². The molecule has 1 aliphatic heterocycles. The SMILES string of the molecule is COc1ccccc1CC(N)CC1CCC(C)O1. The van der Waals surface area contributed by atoms with Crippen LogP contribution in [-0.2, 0) is 11.2 Å². The van der Waals surface area contributed by atoms with Gasteiger partial charge in [0.05, 0.1) is 19.3 Å². The zero-order valence-corrected chi connectivity index (χ0v) is 11.3. The normalized spacial score (nSPS) is 25.1. The van der Waals surface area contributed by atoms with Crippen molar-refractivity contribution in [3.8, 4) is 5.75 Å². The van der Waals surface area contributed by atoms with Crippen LogP contribution in [0.1, 0.15) is 31.7 Å². The number of methoxy groups -OCH3 is 1. The highest BCUT2D eigenvalue weighted by atomic mass is 16.5. The summed E-state index contributed by atoms with van der Waals surface area (Å²) in [5.74, 6) is 0.925. The van der Waals surface area contributed by atoms with E-state index in [0.29, 0.717) is 12.2 Å². The molecule has 1 saturated heterocycles. The Kier molecular flexibility index (Phi) is 4.61. The molecule has 1 aromatic carbocycles. The minimum absolute atomic E-state index is 0.136. The summed E-state index contributed by atoms with van der Waals surface area (Å²) < 4.78 is 11.2. The topological polar surface area (TPSA) is 44.5 Å². The van der Waals surface area contributed by atoms with Gasteiger partial charge in [-0.15, -0.1) is 0 Å². The molecule has 0 spiro atoms. The maximum Gasteiger partial charge on any atom is 0.122 e. The van der Waals surface area contributed by atoms with E-state index in [1.807, 2.05) is 18.2 Å². The van der Waals surface area contributed by atoms with Gasteiger partial charge in [-0.05, 0) is 44.2 Å². The number of rotatable bonds is 5. The van der Waals surface area contributed by atoms with E-state index in [1.165, 1.54) is 5.56 Å². The van der Waals surface area contributed by atoms with Gasteiger partial charge in [0.25, 0.3) is 0 Å². The lowest BCUT2D eigenvalue weighted by Crippen LogP contribution is -2.28. The Morgan fingerprint density at radius 3 is 2.83 bits per heavy atom. The van der Waals surface area contributed by atoms with E-state index in [2.05, 4.69) is 13.0 Å². The second kappa shape index (κ2) is 6.21. The molecular weight excluding hydrogens is 226 g/mol. The van der Waals surface area contributed by atoms with E-state index in [-0.39, 0.29) is 6.04 Å². The molecule has 0 radical (unpaired) electrons. The highest BCUT2D eigenvalue weighted by Gasteiger charge is 2.24. The van der Waals surface area contributed by atoms with Crippen LogP contribution in [0.25, 0.3) is 0 Å². The maximum atomic E-state index is 6.22. The molecule has 3 heteroatoms. The van der Waals surface area contributed by atoms with Crippen LogP contribution >= 0.6 is 0 Å². The summed E-state index contributed by atoms with van der Waals surface area (Å²) in [5, 5.41) is 0. The Morgan fingerprint density at radius 2 is 2.17 bits per heavy atom. The molecule has 2 rings (SSSR count). The largest absolute Gasteiger partial charge is 0.496 e. The molecule has 1 aliphatic rings. The third-order valence-electron chi connectivity index (χ3n) is 3.56. The molecule has 1 aromatic rings. The standard InChI is InChI=1S/C15H23NO2/c1-11-7-8-14(18-11)10-13(16)9-12-5-3-4-6-15(12)17-2/h3-6,11,13-14H,7-10,16H2,1-2H3. The minimum Gasteiger partial charge on any atom is -0.496 e. The predicted octanol–water partition coefficient (Wildman–Crippen LogP) is 2.52. The number of ether oxygens (including phenoxy) is 2. The van der Waals surface area contributed by atoms with E-state index in [1.54, 1.807) is 7.11 Å². The average Bonchev–Trinajstić information content (AvgIpc) is 2.75. The number of nitrogens with two attached hydrogens (primary N) is 1. The van der Waals surface area contributed by atoms with Crippen molar-refractivity contribution < 1.29 is 9.47 Å². The van der Waals surface area contributed by atoms with Crippen LogP contribution in [0.4, 0.5) is 0 Å². The number of para-hydroxylation sites is 1. The van der Waals surface area contributed by atoms with Crippen molar-refractivity contribution in [2.75, 3.05) is 7.11 Å². The zero-order chi connectivity index (χ0) is 13.0. The van der Waals surface area contributed by atoms with Gasteiger partial charge >= 0.3 is 0 Å². The predicted molar refractivity (Wildman–Crippen MR) is 72.9 cm³/mol. The summed E-state index contributed by atoms with van der Waals surface area (Å²) in [5.41, 5.74) is 7.40. The molecule has 0 bridgehead atoms. The fourth-order valence-corrected chi connectivity index (χ4v) is 2.63. The van der Waals surface area contributed by atoms with E-state index in [0.717, 1.165) is 31.4 Å². The van der Waals surface area contributed by atoms with Crippen LogP contribution < -0.4 is 10.5 Å². The molecule has 100 valence electrons. The Balaban J connectivity index is 1.88. The van der Waals surface area contributed by atoms with Crippen molar-refractivity contribution in [1.29, 1.82) is 0 Å². The summed E-state index contributed by atoms with van der Waals surface area (Å²) in [6, 6.07) is 8.21. The molecular formula is C15H23NO2. The van der Waals surface area contributed by atoms with Crippen LogP contribution in [0.5, 0.6) is 5.75 Å². The number of benzene rings is 1. The molecule has 3 atom stereocenters. The second-order valence-electron chi connectivity index (χ2n) is 5.16. The smallest absolute Gasteiger partial charge is 0.122 e. The lowest BCUT2D eigenvalue weighted by Gasteiger charge is -2.18. The minimum atomic E-state index is 0.136. The molecule has 3 unspecified atom stereocenters. The zero-order valence-electron chi connectivity index (χ0n) is 11.3. The maximum absolute atomic E-state index is 6.22. The van der Waals surface area contributed by atoms with Gasteiger partial charge in [0.2, 0.25) is 0 Å². The lowest BCUT2D eigenvalue weighted by atomic mass is 9.99. The van der Waals surface area contributed by atoms with Crippen molar-refractivity contribution in [1.82, 2.24) is 0 Å². The van der Waals surface area contributed by atoms with Crippen LogP contribution in [-0.4, -0.2) is 25.4 Å². The Bertz CT molecular complexity index is 381. The Hall–Kier alpha value is -1.06. The Morgan fingerprint density at radius 1 is 1.39 bits per heavy atom. The first kappa shape index (κ1) is 13.4. The summed E-state index contributed by atoms with van der Waals surface area (Å²) >= 11 is 0. The number of hydrogen-bond acceptors (Lipinski definition) is 3. The van der Waals surface area contributed by atoms with Crippen molar-refractivity contribution in [2.24, 2.45) is 5.73 Å². The molecule has 2 N–H and O–H groups in total. The van der Waals surface area contributed by atoms with Crippen LogP contribution in [0, 0.1) is 0 Å². The summed E-state index contributed by atoms with van der Waals surface area (Å²) in [6.45, 7) is 2.13. The van der Waals surface area contributed by atoms with Gasteiger partial charge in [0.1, 0.15) is 5.75 Å². The van der Waals surface area contributed by atoms with Gasteiger partial charge in [0.15, 0.2) is 0 Å². The highest BCUT2D eigenvalue weighted by molar-refractivity contribution is 5.33. The van der Waals surface area contributed by atoms with Crippen LogP contribution in [0.3, 0.4) is 0 Å². The Labute approximate surface area is 109 Å². The molecule has 3 nitrogen and oxygen atoms in total. The van der Waals surface area contributed by atoms with E-state index >= 15 is 0 Å². The van der Waals surface area contributed by atoms with Crippen molar-refractivity contribution in [3.63, 3.8) is 0 Å². The van der Waals surface area contributed by atoms with Gasteiger partial charge in [0, 0.05) is 6.04 Å². The highest BCUT2D eigenvalue weighted by Crippen LogP contribution is 2.24. The summed E-state index contributed by atoms with van der Waals surface area (Å²) in [6.07, 6.45) is 4.81. The van der Waals surface area contributed by atoms with Crippen LogP contribution in [0.15, 0.2) is 24.3 Å². The summed E-state index contributed by atoms with van der Waals surface area (Å²) in [7, 11) is 1.70. The molecule has 1 fully saturated rings. The van der Waals surface area contributed by atoms with Gasteiger partial charge in [-0.1, -0.05) is 18.2 Å². The fraction of sp³-hybridized carbons (Fsp3) is 0.600. The van der Waals surface area contributed by atoms with Gasteiger partial charge in [-0.25, -0.2) is 0 Å². The van der Waals surface area contributed by atoms with Crippen molar-refractivity contribution in [2.45, 2.75) is 50.9 Å². The molecule has 18 heavy (non-hydrogen) atoms. The van der Waals surface area contributed by atoms with E-state index in [4.69, 9.17) is 15.2 Å². The van der Waals surface area contributed by atoms with Gasteiger partial charge in [-0.2, -0.15) is 0 Å². The quantitative estimate of drug-likeness (QED) is 0.872. The second-order valence-corrected chi connectivity index (χ2v) is 5.16. The number of hydrogen-bond donors (Lipinski definition) is 1. The fourth-order valence-electron chi connectivity index (χ4n) is 2.63. The first-order valence-corrected chi connectivity index (χ1v) is 6.72. The monoisotopic (exact) mass is 249 g/mol. The third-order valence-corrected chi connectivity index (χ3v) is 3.56. The molecule has 1 heterocycles. The molecule has 0 aromatic heterocycles. The first-order chi connectivity index (χ1) is 8.69.